The topological polar surface area (TPSA) is 55.1 Å². The normalized spacial score (nSPS) is 27.0. The van der Waals surface area contributed by atoms with Crippen molar-refractivity contribution in [2.24, 2.45) is 11.8 Å². The number of amides is 1. The summed E-state index contributed by atoms with van der Waals surface area (Å²) in [5, 5.41) is 3.14. The molecule has 1 aromatic rings. The van der Waals surface area contributed by atoms with Crippen LogP contribution in [0.1, 0.15) is 43.5 Å². The van der Waals surface area contributed by atoms with E-state index in [2.05, 4.69) is 35.1 Å². The quantitative estimate of drug-likeness (QED) is 0.817. The van der Waals surface area contributed by atoms with Crippen LogP contribution in [0.3, 0.4) is 0 Å². The van der Waals surface area contributed by atoms with Crippen LogP contribution in [-0.4, -0.2) is 11.9 Å². The van der Waals surface area contributed by atoms with Gasteiger partial charge in [-0.2, -0.15) is 0 Å². The van der Waals surface area contributed by atoms with Crippen molar-refractivity contribution in [3.05, 3.63) is 28.2 Å². The Hall–Kier alpha value is -1.03. The summed E-state index contributed by atoms with van der Waals surface area (Å²) in [6.07, 6.45) is 3.40. The lowest BCUT2D eigenvalue weighted by Crippen LogP contribution is -2.40. The van der Waals surface area contributed by atoms with Crippen LogP contribution in [0.5, 0.6) is 0 Å². The fourth-order valence-corrected chi connectivity index (χ4v) is 3.59. The first-order chi connectivity index (χ1) is 8.94. The van der Waals surface area contributed by atoms with Crippen molar-refractivity contribution in [2.45, 2.75) is 39.2 Å². The third kappa shape index (κ3) is 3.96. The zero-order valence-corrected chi connectivity index (χ0v) is 13.0. The molecule has 0 aromatic heterocycles. The Bertz CT molecular complexity index is 445. The van der Waals surface area contributed by atoms with Crippen LogP contribution in [-0.2, 0) is 0 Å². The lowest BCUT2D eigenvalue weighted by atomic mass is 9.80. The van der Waals surface area contributed by atoms with E-state index in [4.69, 9.17) is 5.73 Å². The van der Waals surface area contributed by atoms with Crippen molar-refractivity contribution in [1.82, 2.24) is 5.32 Å². The van der Waals surface area contributed by atoms with Crippen molar-refractivity contribution in [3.63, 3.8) is 0 Å². The summed E-state index contributed by atoms with van der Waals surface area (Å²) >= 11 is 3.37. The summed E-state index contributed by atoms with van der Waals surface area (Å²) in [7, 11) is 0. The van der Waals surface area contributed by atoms with Crippen LogP contribution < -0.4 is 11.1 Å². The van der Waals surface area contributed by atoms with Gasteiger partial charge >= 0.3 is 0 Å². The second kappa shape index (κ2) is 5.95. The van der Waals surface area contributed by atoms with Crippen LogP contribution in [0.25, 0.3) is 0 Å². The van der Waals surface area contributed by atoms with E-state index in [0.29, 0.717) is 23.1 Å². The molecule has 0 bridgehead atoms. The first-order valence-corrected chi connectivity index (χ1v) is 7.60. The van der Waals surface area contributed by atoms with Gasteiger partial charge in [0.1, 0.15) is 0 Å². The highest BCUT2D eigenvalue weighted by Crippen LogP contribution is 2.28. The molecule has 0 spiro atoms. The molecule has 1 aromatic carbocycles. The monoisotopic (exact) mass is 324 g/mol. The highest BCUT2D eigenvalue weighted by molar-refractivity contribution is 9.10. The van der Waals surface area contributed by atoms with Gasteiger partial charge in [-0.3, -0.25) is 4.79 Å². The second-order valence-electron chi connectivity index (χ2n) is 5.86. The van der Waals surface area contributed by atoms with E-state index in [9.17, 15) is 4.79 Å². The molecule has 1 amide bonds. The van der Waals surface area contributed by atoms with Crippen LogP contribution in [0.15, 0.2) is 22.7 Å². The minimum Gasteiger partial charge on any atom is -0.399 e. The molecule has 1 saturated carbocycles. The number of benzene rings is 1. The zero-order chi connectivity index (χ0) is 14.0. The Morgan fingerprint density at radius 1 is 1.21 bits per heavy atom. The molecule has 4 heteroatoms. The Balaban J connectivity index is 2.04. The molecule has 3 N–H and O–H groups in total. The molecule has 2 unspecified atom stereocenters. The number of halogens is 1. The van der Waals surface area contributed by atoms with Gasteiger partial charge < -0.3 is 11.1 Å². The molecule has 0 aliphatic heterocycles. The third-order valence-electron chi connectivity index (χ3n) is 3.70. The van der Waals surface area contributed by atoms with Gasteiger partial charge in [-0.05, 0) is 49.3 Å². The number of carbonyl (C=O) groups is 1. The van der Waals surface area contributed by atoms with E-state index in [1.54, 1.807) is 18.2 Å². The fourth-order valence-electron chi connectivity index (χ4n) is 3.08. The van der Waals surface area contributed by atoms with Gasteiger partial charge in [-0.25, -0.2) is 0 Å². The fraction of sp³-hybridized carbons (Fsp3) is 0.533. The molecule has 3 nitrogen and oxygen atoms in total. The minimum absolute atomic E-state index is 0.0284. The molecule has 2 rings (SSSR count). The standard InChI is InChI=1S/C15H21BrN2O/c1-9-3-10(2)5-14(4-9)18-15(19)11-6-12(16)8-13(17)7-11/h6-10,14H,3-5,17H2,1-2H3,(H,18,19). The molecule has 1 aliphatic carbocycles. The van der Waals surface area contributed by atoms with Gasteiger partial charge in [0.25, 0.3) is 5.91 Å². The number of hydrogen-bond donors (Lipinski definition) is 2. The van der Waals surface area contributed by atoms with E-state index in [1.807, 2.05) is 0 Å². The zero-order valence-electron chi connectivity index (χ0n) is 11.4. The smallest absolute Gasteiger partial charge is 0.251 e. The number of carbonyl (C=O) groups excluding carboxylic acids is 1. The van der Waals surface area contributed by atoms with Crippen molar-refractivity contribution in [2.75, 3.05) is 5.73 Å². The number of nitrogen functional groups attached to an aromatic ring is 1. The predicted octanol–water partition coefficient (Wildman–Crippen LogP) is 3.59. The third-order valence-corrected chi connectivity index (χ3v) is 4.15. The number of nitrogens with two attached hydrogens (primary N) is 1. The summed E-state index contributed by atoms with van der Waals surface area (Å²) in [6.45, 7) is 4.51. The van der Waals surface area contributed by atoms with Crippen LogP contribution in [0, 0.1) is 11.8 Å². The van der Waals surface area contributed by atoms with Gasteiger partial charge in [0.15, 0.2) is 0 Å². The lowest BCUT2D eigenvalue weighted by Gasteiger charge is -2.32. The summed E-state index contributed by atoms with van der Waals surface area (Å²) in [6, 6.07) is 5.60. The Labute approximate surface area is 123 Å². The van der Waals surface area contributed by atoms with E-state index < -0.39 is 0 Å². The molecule has 0 heterocycles. The van der Waals surface area contributed by atoms with E-state index >= 15 is 0 Å². The van der Waals surface area contributed by atoms with E-state index in [-0.39, 0.29) is 11.9 Å². The molecule has 0 saturated heterocycles. The molecule has 19 heavy (non-hydrogen) atoms. The highest BCUT2D eigenvalue weighted by atomic mass is 79.9. The van der Waals surface area contributed by atoms with Gasteiger partial charge in [-0.1, -0.05) is 29.8 Å². The summed E-state index contributed by atoms with van der Waals surface area (Å²) < 4.78 is 0.836. The number of nitrogens with one attached hydrogen (secondary N) is 1. The van der Waals surface area contributed by atoms with Crippen molar-refractivity contribution in [1.29, 1.82) is 0 Å². The summed E-state index contributed by atoms with van der Waals surface area (Å²) in [5.74, 6) is 1.34. The maximum atomic E-state index is 12.2. The van der Waals surface area contributed by atoms with E-state index in [0.717, 1.165) is 17.3 Å². The lowest BCUT2D eigenvalue weighted by molar-refractivity contribution is 0.0911. The van der Waals surface area contributed by atoms with Gasteiger partial charge in [0, 0.05) is 21.8 Å². The Morgan fingerprint density at radius 2 is 1.84 bits per heavy atom. The van der Waals surface area contributed by atoms with Crippen molar-refractivity contribution < 1.29 is 4.79 Å². The first-order valence-electron chi connectivity index (χ1n) is 6.81. The van der Waals surface area contributed by atoms with Gasteiger partial charge in [0.2, 0.25) is 0 Å². The van der Waals surface area contributed by atoms with Crippen LogP contribution in [0.2, 0.25) is 0 Å². The minimum atomic E-state index is -0.0284. The van der Waals surface area contributed by atoms with Gasteiger partial charge in [0.05, 0.1) is 0 Å². The summed E-state index contributed by atoms with van der Waals surface area (Å²) in [4.78, 5) is 12.2. The van der Waals surface area contributed by atoms with Crippen LogP contribution in [0.4, 0.5) is 5.69 Å². The van der Waals surface area contributed by atoms with Gasteiger partial charge in [-0.15, -0.1) is 0 Å². The predicted molar refractivity (Wildman–Crippen MR) is 82.0 cm³/mol. The van der Waals surface area contributed by atoms with Crippen LogP contribution >= 0.6 is 15.9 Å². The SMILES string of the molecule is CC1CC(C)CC(NC(=O)c2cc(N)cc(Br)c2)C1. The maximum Gasteiger partial charge on any atom is 0.251 e. The molecule has 0 radical (unpaired) electrons. The number of anilines is 1. The summed E-state index contributed by atoms with van der Waals surface area (Å²) in [5.41, 5.74) is 6.99. The molecule has 104 valence electrons. The maximum absolute atomic E-state index is 12.2. The molecule has 1 fully saturated rings. The largest absolute Gasteiger partial charge is 0.399 e. The average molecular weight is 325 g/mol. The first kappa shape index (κ1) is 14.4. The Kier molecular flexibility index (Phi) is 4.50. The number of hydrogen-bond acceptors (Lipinski definition) is 2. The second-order valence-corrected chi connectivity index (χ2v) is 6.78. The number of rotatable bonds is 2. The molecular formula is C15H21BrN2O. The van der Waals surface area contributed by atoms with Crippen molar-refractivity contribution in [3.8, 4) is 0 Å². The Morgan fingerprint density at radius 3 is 2.42 bits per heavy atom. The molecule has 2 atom stereocenters. The molecule has 1 aliphatic rings. The average Bonchev–Trinajstić information content (AvgIpc) is 2.25. The molecular weight excluding hydrogens is 304 g/mol. The highest BCUT2D eigenvalue weighted by Gasteiger charge is 2.25. The van der Waals surface area contributed by atoms with Crippen molar-refractivity contribution >= 4 is 27.5 Å². The van der Waals surface area contributed by atoms with E-state index in [1.165, 1.54) is 6.42 Å².